The highest BCUT2D eigenvalue weighted by molar-refractivity contribution is 5.83. The van der Waals surface area contributed by atoms with Crippen molar-refractivity contribution in [2.75, 3.05) is 0 Å². The lowest BCUT2D eigenvalue weighted by atomic mass is 9.96. The Balaban J connectivity index is 2.47. The van der Waals surface area contributed by atoms with Crippen LogP contribution in [0.15, 0.2) is 55.1 Å². The maximum Gasteiger partial charge on any atom is -0.0218 e. The van der Waals surface area contributed by atoms with E-state index in [4.69, 9.17) is 0 Å². The molecule has 0 fully saturated rings. The Labute approximate surface area is 122 Å². The van der Waals surface area contributed by atoms with Gasteiger partial charge in [0.05, 0.1) is 0 Å². The van der Waals surface area contributed by atoms with E-state index in [1.807, 2.05) is 0 Å². The molecule has 2 aromatic rings. The van der Waals surface area contributed by atoms with E-state index in [1.54, 1.807) is 0 Å². The van der Waals surface area contributed by atoms with Gasteiger partial charge in [-0.1, -0.05) is 67.6 Å². The number of hydrogen-bond donors (Lipinski definition) is 0. The van der Waals surface area contributed by atoms with E-state index in [1.165, 1.54) is 27.8 Å². The summed E-state index contributed by atoms with van der Waals surface area (Å²) in [5, 5.41) is 0. The smallest absolute Gasteiger partial charge is 0.0218 e. The number of rotatable bonds is 4. The molecule has 0 bridgehead atoms. The summed E-state index contributed by atoms with van der Waals surface area (Å²) in [7, 11) is 0. The summed E-state index contributed by atoms with van der Waals surface area (Å²) >= 11 is 0. The normalized spacial score (nSPS) is 11.4. The minimum atomic E-state index is 1.03. The van der Waals surface area contributed by atoms with Crippen molar-refractivity contribution in [2.45, 2.75) is 27.2 Å². The van der Waals surface area contributed by atoms with Gasteiger partial charge in [-0.2, -0.15) is 0 Å². The Morgan fingerprint density at radius 1 is 1.05 bits per heavy atom. The van der Waals surface area contributed by atoms with Crippen molar-refractivity contribution in [3.8, 4) is 0 Å². The third-order valence-corrected chi connectivity index (χ3v) is 3.63. The van der Waals surface area contributed by atoms with Gasteiger partial charge in [0.25, 0.3) is 0 Å². The first kappa shape index (κ1) is 14.3. The van der Waals surface area contributed by atoms with Gasteiger partial charge in [0.15, 0.2) is 0 Å². The molecule has 0 aliphatic heterocycles. The summed E-state index contributed by atoms with van der Waals surface area (Å²) in [4.78, 5) is 0. The van der Waals surface area contributed by atoms with E-state index in [9.17, 15) is 0 Å². The Hall–Kier alpha value is -2.08. The molecule has 0 heterocycles. The summed E-state index contributed by atoms with van der Waals surface area (Å²) in [6, 6.07) is 17.1. The van der Waals surface area contributed by atoms with E-state index in [0.717, 1.165) is 12.0 Å². The Kier molecular flexibility index (Phi) is 4.57. The molecule has 0 atom stereocenters. The molecule has 0 nitrogen and oxygen atoms in total. The molecule has 2 rings (SSSR count). The van der Waals surface area contributed by atoms with Crippen LogP contribution in [-0.4, -0.2) is 0 Å². The monoisotopic (exact) mass is 262 g/mol. The van der Waals surface area contributed by atoms with Gasteiger partial charge < -0.3 is 0 Å². The summed E-state index contributed by atoms with van der Waals surface area (Å²) in [6.45, 7) is 10.4. The summed E-state index contributed by atoms with van der Waals surface area (Å²) < 4.78 is 0. The lowest BCUT2D eigenvalue weighted by molar-refractivity contribution is 1.24. The molecule has 0 heteroatoms. The van der Waals surface area contributed by atoms with Crippen LogP contribution >= 0.6 is 0 Å². The van der Waals surface area contributed by atoms with E-state index in [2.05, 4.69) is 82.0 Å². The van der Waals surface area contributed by atoms with Gasteiger partial charge in [-0.3, -0.25) is 0 Å². The molecule has 102 valence electrons. The standard InChI is InChI=1S/C20H22/c1-5-17(18-9-7-6-8-10-18)13-20-14-19(15(2)3)12-11-16(20)4/h6-14H,2,5H2,1,3-4H3. The largest absolute Gasteiger partial charge is 0.0955 e. The van der Waals surface area contributed by atoms with Crippen molar-refractivity contribution < 1.29 is 0 Å². The van der Waals surface area contributed by atoms with Gasteiger partial charge >= 0.3 is 0 Å². The molecule has 0 amide bonds. The highest BCUT2D eigenvalue weighted by Gasteiger charge is 2.03. The average Bonchev–Trinajstić information content (AvgIpc) is 2.47. The molecule has 20 heavy (non-hydrogen) atoms. The van der Waals surface area contributed by atoms with Crippen LogP contribution in [0, 0.1) is 6.92 Å². The van der Waals surface area contributed by atoms with Crippen LogP contribution < -0.4 is 0 Å². The van der Waals surface area contributed by atoms with Crippen molar-refractivity contribution in [3.63, 3.8) is 0 Å². The number of benzene rings is 2. The van der Waals surface area contributed by atoms with E-state index in [0.29, 0.717) is 0 Å². The van der Waals surface area contributed by atoms with E-state index in [-0.39, 0.29) is 0 Å². The van der Waals surface area contributed by atoms with Gasteiger partial charge in [0, 0.05) is 0 Å². The van der Waals surface area contributed by atoms with Gasteiger partial charge in [-0.25, -0.2) is 0 Å². The second-order valence-electron chi connectivity index (χ2n) is 5.24. The van der Waals surface area contributed by atoms with Crippen LogP contribution in [0.4, 0.5) is 0 Å². The highest BCUT2D eigenvalue weighted by Crippen LogP contribution is 2.24. The number of aryl methyl sites for hydroxylation is 1. The molecule has 0 saturated heterocycles. The molecule has 0 radical (unpaired) electrons. The third-order valence-electron chi connectivity index (χ3n) is 3.63. The molecular formula is C20H22. The van der Waals surface area contributed by atoms with E-state index < -0.39 is 0 Å². The van der Waals surface area contributed by atoms with Crippen LogP contribution in [0.5, 0.6) is 0 Å². The predicted octanol–water partition coefficient (Wildman–Crippen LogP) is 5.98. The minimum Gasteiger partial charge on any atom is -0.0955 e. The molecular weight excluding hydrogens is 240 g/mol. The summed E-state index contributed by atoms with van der Waals surface area (Å²) in [6.07, 6.45) is 3.33. The summed E-state index contributed by atoms with van der Waals surface area (Å²) in [5.41, 5.74) is 7.58. The first-order valence-corrected chi connectivity index (χ1v) is 7.14. The number of allylic oxidation sites excluding steroid dienone is 2. The Bertz CT molecular complexity index is 630. The first-order valence-electron chi connectivity index (χ1n) is 7.14. The minimum absolute atomic E-state index is 1.03. The van der Waals surface area contributed by atoms with E-state index >= 15 is 0 Å². The van der Waals surface area contributed by atoms with Crippen molar-refractivity contribution in [1.29, 1.82) is 0 Å². The fourth-order valence-electron chi connectivity index (χ4n) is 2.29. The fraction of sp³-hybridized carbons (Fsp3) is 0.200. The van der Waals surface area contributed by atoms with Gasteiger partial charge in [0.1, 0.15) is 0 Å². The van der Waals surface area contributed by atoms with Crippen LogP contribution in [0.25, 0.3) is 17.2 Å². The fourth-order valence-corrected chi connectivity index (χ4v) is 2.29. The Morgan fingerprint density at radius 2 is 1.75 bits per heavy atom. The van der Waals surface area contributed by atoms with Crippen LogP contribution in [-0.2, 0) is 0 Å². The van der Waals surface area contributed by atoms with Crippen LogP contribution in [0.1, 0.15) is 42.5 Å². The number of hydrogen-bond acceptors (Lipinski definition) is 0. The van der Waals surface area contributed by atoms with Crippen LogP contribution in [0.3, 0.4) is 0 Å². The zero-order valence-electron chi connectivity index (χ0n) is 12.6. The maximum absolute atomic E-state index is 4.03. The molecule has 0 aromatic heterocycles. The predicted molar refractivity (Wildman–Crippen MR) is 90.5 cm³/mol. The summed E-state index contributed by atoms with van der Waals surface area (Å²) in [5.74, 6) is 0. The lowest BCUT2D eigenvalue weighted by Gasteiger charge is -2.09. The third kappa shape index (κ3) is 3.27. The van der Waals surface area contributed by atoms with Crippen molar-refractivity contribution >= 4 is 17.2 Å². The second kappa shape index (κ2) is 6.38. The SMILES string of the molecule is C=C(C)c1ccc(C)c(C=C(CC)c2ccccc2)c1. The Morgan fingerprint density at radius 3 is 2.35 bits per heavy atom. The molecule has 0 aliphatic carbocycles. The topological polar surface area (TPSA) is 0 Å². The molecule has 2 aromatic carbocycles. The molecule has 0 unspecified atom stereocenters. The second-order valence-corrected chi connectivity index (χ2v) is 5.24. The zero-order chi connectivity index (χ0) is 14.5. The van der Waals surface area contributed by atoms with Crippen molar-refractivity contribution in [1.82, 2.24) is 0 Å². The highest BCUT2D eigenvalue weighted by atomic mass is 14.1. The van der Waals surface area contributed by atoms with Gasteiger partial charge in [-0.05, 0) is 54.2 Å². The van der Waals surface area contributed by atoms with Gasteiger partial charge in [0.2, 0.25) is 0 Å². The molecule has 0 saturated carbocycles. The molecule has 0 N–H and O–H groups in total. The van der Waals surface area contributed by atoms with Crippen LogP contribution in [0.2, 0.25) is 0 Å². The van der Waals surface area contributed by atoms with Crippen molar-refractivity contribution in [2.24, 2.45) is 0 Å². The lowest BCUT2D eigenvalue weighted by Crippen LogP contribution is -1.88. The molecule has 0 spiro atoms. The maximum atomic E-state index is 4.03. The van der Waals surface area contributed by atoms with Gasteiger partial charge in [-0.15, -0.1) is 0 Å². The molecule has 0 aliphatic rings. The quantitative estimate of drug-likeness (QED) is 0.595. The van der Waals surface area contributed by atoms with Crippen molar-refractivity contribution in [3.05, 3.63) is 77.4 Å². The first-order chi connectivity index (χ1) is 9.61. The zero-order valence-corrected chi connectivity index (χ0v) is 12.6. The average molecular weight is 262 g/mol.